The molecular formula is C17H15BrN2O5S. The highest BCUT2D eigenvalue weighted by Gasteiger charge is 2.19. The molecule has 0 radical (unpaired) electrons. The Morgan fingerprint density at radius 1 is 1.23 bits per heavy atom. The Kier molecular flexibility index (Phi) is 5.01. The zero-order chi connectivity index (χ0) is 18.9. The minimum atomic E-state index is -3.69. The van der Waals surface area contributed by atoms with Crippen molar-refractivity contribution >= 4 is 48.5 Å². The van der Waals surface area contributed by atoms with E-state index in [1.807, 2.05) is 6.07 Å². The van der Waals surface area contributed by atoms with Crippen molar-refractivity contribution < 1.29 is 17.6 Å². The Bertz CT molecular complexity index is 1150. The molecule has 3 rings (SSSR count). The van der Waals surface area contributed by atoms with E-state index in [9.17, 15) is 18.0 Å². The van der Waals surface area contributed by atoms with Gasteiger partial charge in [0.25, 0.3) is 0 Å². The van der Waals surface area contributed by atoms with Gasteiger partial charge < -0.3 is 9.73 Å². The SMILES string of the molecule is Cn1c(=O)oc2cc(S(=O)(=O)CCC(=O)Nc3cccc(Br)c3)ccc21. The lowest BCUT2D eigenvalue weighted by Crippen LogP contribution is -2.17. The molecular weight excluding hydrogens is 424 g/mol. The van der Waals surface area contributed by atoms with Gasteiger partial charge in [-0.15, -0.1) is 0 Å². The first-order chi connectivity index (χ1) is 12.3. The van der Waals surface area contributed by atoms with Crippen molar-refractivity contribution in [1.29, 1.82) is 0 Å². The van der Waals surface area contributed by atoms with Crippen LogP contribution in [0.15, 0.2) is 61.0 Å². The third-order valence-electron chi connectivity index (χ3n) is 3.83. The molecule has 0 aliphatic rings. The van der Waals surface area contributed by atoms with Crippen molar-refractivity contribution in [1.82, 2.24) is 4.57 Å². The summed E-state index contributed by atoms with van der Waals surface area (Å²) in [6.45, 7) is 0. The second kappa shape index (κ2) is 7.08. The smallest absolute Gasteiger partial charge is 0.408 e. The van der Waals surface area contributed by atoms with E-state index in [0.717, 1.165) is 4.47 Å². The number of aryl methyl sites for hydroxylation is 1. The molecule has 3 aromatic rings. The Labute approximate surface area is 157 Å². The van der Waals surface area contributed by atoms with E-state index < -0.39 is 21.5 Å². The summed E-state index contributed by atoms with van der Waals surface area (Å²) in [6.07, 6.45) is -0.189. The fraction of sp³-hybridized carbons (Fsp3) is 0.176. The third kappa shape index (κ3) is 3.88. The molecule has 136 valence electrons. The van der Waals surface area contributed by atoms with E-state index in [1.54, 1.807) is 18.2 Å². The Hall–Kier alpha value is -2.39. The molecule has 0 fully saturated rings. The first-order valence-electron chi connectivity index (χ1n) is 7.64. The lowest BCUT2D eigenvalue weighted by Gasteiger charge is -2.07. The molecule has 0 aliphatic heterocycles. The van der Waals surface area contributed by atoms with E-state index in [0.29, 0.717) is 11.2 Å². The number of oxazole rings is 1. The molecule has 1 amide bonds. The largest absolute Gasteiger partial charge is 0.419 e. The van der Waals surface area contributed by atoms with Crippen LogP contribution in [0.4, 0.5) is 5.69 Å². The number of hydrogen-bond donors (Lipinski definition) is 1. The van der Waals surface area contributed by atoms with Crippen LogP contribution in [-0.2, 0) is 21.7 Å². The van der Waals surface area contributed by atoms with Gasteiger partial charge in [0.2, 0.25) is 5.91 Å². The molecule has 7 nitrogen and oxygen atoms in total. The minimum absolute atomic E-state index is 0.00889. The van der Waals surface area contributed by atoms with Crippen molar-refractivity contribution in [2.75, 3.05) is 11.1 Å². The van der Waals surface area contributed by atoms with E-state index in [-0.39, 0.29) is 22.7 Å². The van der Waals surface area contributed by atoms with Gasteiger partial charge in [0.05, 0.1) is 16.2 Å². The highest BCUT2D eigenvalue weighted by atomic mass is 79.9. The van der Waals surface area contributed by atoms with E-state index in [4.69, 9.17) is 4.42 Å². The minimum Gasteiger partial charge on any atom is -0.408 e. The molecule has 0 bridgehead atoms. The lowest BCUT2D eigenvalue weighted by molar-refractivity contribution is -0.115. The number of benzene rings is 2. The van der Waals surface area contributed by atoms with Crippen molar-refractivity contribution in [2.45, 2.75) is 11.3 Å². The Morgan fingerprint density at radius 3 is 2.73 bits per heavy atom. The molecule has 2 aromatic carbocycles. The number of fused-ring (bicyclic) bond motifs is 1. The van der Waals surface area contributed by atoms with Gasteiger partial charge in [0.15, 0.2) is 15.4 Å². The summed E-state index contributed by atoms with van der Waals surface area (Å²) in [5.74, 6) is -1.32. The number of rotatable bonds is 5. The summed E-state index contributed by atoms with van der Waals surface area (Å²) in [6, 6.07) is 11.2. The quantitative estimate of drug-likeness (QED) is 0.659. The normalized spacial score (nSPS) is 11.6. The van der Waals surface area contributed by atoms with Gasteiger partial charge >= 0.3 is 5.76 Å². The van der Waals surface area contributed by atoms with Crippen LogP contribution in [0.5, 0.6) is 0 Å². The van der Waals surface area contributed by atoms with Crippen molar-refractivity contribution in [3.63, 3.8) is 0 Å². The Balaban J connectivity index is 1.72. The summed E-state index contributed by atoms with van der Waals surface area (Å²) < 4.78 is 32.0. The number of nitrogens with zero attached hydrogens (tertiary/aromatic N) is 1. The summed E-state index contributed by atoms with van der Waals surface area (Å²) in [7, 11) is -2.16. The molecule has 26 heavy (non-hydrogen) atoms. The van der Waals surface area contributed by atoms with Crippen molar-refractivity contribution in [2.24, 2.45) is 7.05 Å². The zero-order valence-corrected chi connectivity index (χ0v) is 16.1. The number of carbonyl (C=O) groups is 1. The number of hydrogen-bond acceptors (Lipinski definition) is 5. The summed E-state index contributed by atoms with van der Waals surface area (Å²) >= 11 is 3.30. The highest BCUT2D eigenvalue weighted by Crippen LogP contribution is 2.20. The maximum atomic E-state index is 12.5. The molecule has 0 unspecified atom stereocenters. The molecule has 1 aromatic heterocycles. The van der Waals surface area contributed by atoms with Crippen LogP contribution in [-0.4, -0.2) is 24.6 Å². The molecule has 0 atom stereocenters. The summed E-state index contributed by atoms with van der Waals surface area (Å²) in [5, 5.41) is 2.65. The maximum absolute atomic E-state index is 12.5. The average Bonchev–Trinajstić information content (AvgIpc) is 2.87. The highest BCUT2D eigenvalue weighted by molar-refractivity contribution is 9.10. The fourth-order valence-corrected chi connectivity index (χ4v) is 4.09. The van der Waals surface area contributed by atoms with E-state index in [2.05, 4.69) is 21.2 Å². The monoisotopic (exact) mass is 438 g/mol. The number of amides is 1. The second-order valence-corrected chi connectivity index (χ2v) is 8.71. The van der Waals surface area contributed by atoms with Crippen LogP contribution in [0.2, 0.25) is 0 Å². The number of aromatic nitrogens is 1. The number of sulfone groups is 1. The van der Waals surface area contributed by atoms with Crippen LogP contribution >= 0.6 is 15.9 Å². The zero-order valence-electron chi connectivity index (χ0n) is 13.7. The molecule has 0 saturated heterocycles. The van der Waals surface area contributed by atoms with Crippen LogP contribution in [0, 0.1) is 0 Å². The first-order valence-corrected chi connectivity index (χ1v) is 10.1. The van der Waals surface area contributed by atoms with Gasteiger partial charge in [0.1, 0.15) is 0 Å². The van der Waals surface area contributed by atoms with E-state index in [1.165, 1.54) is 29.8 Å². The summed E-state index contributed by atoms with van der Waals surface area (Å²) in [5.41, 5.74) is 1.27. The van der Waals surface area contributed by atoms with E-state index >= 15 is 0 Å². The van der Waals surface area contributed by atoms with Gasteiger partial charge in [-0.3, -0.25) is 9.36 Å². The predicted molar refractivity (Wildman–Crippen MR) is 101 cm³/mol. The molecule has 0 aliphatic carbocycles. The summed E-state index contributed by atoms with van der Waals surface area (Å²) in [4.78, 5) is 23.5. The van der Waals surface area contributed by atoms with Gasteiger partial charge in [-0.2, -0.15) is 0 Å². The average molecular weight is 439 g/mol. The predicted octanol–water partition coefficient (Wildman–Crippen LogP) is 2.70. The standard InChI is InChI=1S/C17H15BrN2O5S/c1-20-14-6-5-13(10-15(14)25-17(20)22)26(23,24)8-7-16(21)19-12-4-2-3-11(18)9-12/h2-6,9-10H,7-8H2,1H3,(H,19,21). The fourth-order valence-electron chi connectivity index (χ4n) is 2.44. The van der Waals surface area contributed by atoms with Crippen molar-refractivity contribution in [3.8, 4) is 0 Å². The third-order valence-corrected chi connectivity index (χ3v) is 6.04. The molecule has 0 spiro atoms. The number of nitrogens with one attached hydrogen (secondary N) is 1. The maximum Gasteiger partial charge on any atom is 0.419 e. The molecule has 9 heteroatoms. The van der Waals surface area contributed by atoms with Gasteiger partial charge in [-0.1, -0.05) is 22.0 Å². The Morgan fingerprint density at radius 2 is 2.00 bits per heavy atom. The first kappa shape index (κ1) is 18.4. The second-order valence-electron chi connectivity index (χ2n) is 5.68. The molecule has 1 N–H and O–H groups in total. The van der Waals surface area contributed by atoms with Crippen LogP contribution in [0.3, 0.4) is 0 Å². The van der Waals surface area contributed by atoms with Gasteiger partial charge in [-0.25, -0.2) is 13.2 Å². The molecule has 0 saturated carbocycles. The van der Waals surface area contributed by atoms with Crippen LogP contribution in [0.25, 0.3) is 11.1 Å². The van der Waals surface area contributed by atoms with Crippen molar-refractivity contribution in [3.05, 3.63) is 57.5 Å². The van der Waals surface area contributed by atoms with Gasteiger partial charge in [0, 0.05) is 29.7 Å². The topological polar surface area (TPSA) is 98.4 Å². The molecule has 1 heterocycles. The number of halogens is 1. The van der Waals surface area contributed by atoms with Gasteiger partial charge in [-0.05, 0) is 30.3 Å². The number of anilines is 1. The lowest BCUT2D eigenvalue weighted by atomic mass is 10.3. The van der Waals surface area contributed by atoms with Crippen LogP contribution < -0.4 is 11.1 Å². The van der Waals surface area contributed by atoms with Crippen LogP contribution in [0.1, 0.15) is 6.42 Å². The number of carbonyl (C=O) groups excluding carboxylic acids is 1.